The number of amides is 1. The van der Waals surface area contributed by atoms with Crippen molar-refractivity contribution >= 4 is 20.0 Å². The Labute approximate surface area is 134 Å². The second-order valence-corrected chi connectivity index (χ2v) is 13.2. The highest BCUT2D eigenvalue weighted by atomic mass is 28.4. The van der Waals surface area contributed by atoms with Crippen LogP contribution < -0.4 is 0 Å². The van der Waals surface area contributed by atoms with Gasteiger partial charge in [-0.1, -0.05) is 20.8 Å². The lowest BCUT2D eigenvalue weighted by atomic mass is 9.78. The first-order chi connectivity index (χ1) is 9.79. The third kappa shape index (κ3) is 2.65. The quantitative estimate of drug-likeness (QED) is 0.590. The van der Waals surface area contributed by atoms with Crippen molar-refractivity contribution in [1.82, 2.24) is 4.90 Å². The smallest absolute Gasteiger partial charge is 0.233 e. The molecule has 22 heavy (non-hydrogen) atoms. The molecular formula is C16H29NO4Si. The number of ether oxygens (including phenoxy) is 1. The topological polar surface area (TPSA) is 55.8 Å². The summed E-state index contributed by atoms with van der Waals surface area (Å²) in [5.41, 5.74) is -0.706. The summed E-state index contributed by atoms with van der Waals surface area (Å²) in [6.07, 6.45) is -0.243. The molecule has 0 N–H and O–H groups in total. The molecule has 0 radical (unpaired) electrons. The first kappa shape index (κ1) is 17.6. The minimum Gasteiger partial charge on any atom is -0.413 e. The van der Waals surface area contributed by atoms with Gasteiger partial charge in [0.05, 0.1) is 12.0 Å². The molecule has 0 bridgehead atoms. The normalized spacial score (nSPS) is 29.9. The van der Waals surface area contributed by atoms with Crippen LogP contribution in [0.5, 0.6) is 0 Å². The maximum absolute atomic E-state index is 12.6. The number of ketones is 1. The molecule has 0 spiro atoms. The van der Waals surface area contributed by atoms with Crippen molar-refractivity contribution in [1.29, 1.82) is 0 Å². The number of carbonyl (C=O) groups is 2. The molecule has 2 heterocycles. The van der Waals surface area contributed by atoms with E-state index >= 15 is 0 Å². The van der Waals surface area contributed by atoms with Crippen LogP contribution in [0.25, 0.3) is 0 Å². The van der Waals surface area contributed by atoms with E-state index in [1.165, 1.54) is 0 Å². The van der Waals surface area contributed by atoms with Gasteiger partial charge in [-0.25, -0.2) is 0 Å². The van der Waals surface area contributed by atoms with Gasteiger partial charge in [0, 0.05) is 0 Å². The van der Waals surface area contributed by atoms with E-state index in [0.717, 1.165) is 0 Å². The van der Waals surface area contributed by atoms with Crippen LogP contribution in [-0.4, -0.2) is 49.4 Å². The zero-order valence-electron chi connectivity index (χ0n) is 15.0. The fourth-order valence-electron chi connectivity index (χ4n) is 3.03. The predicted octanol–water partition coefficient (Wildman–Crippen LogP) is 2.56. The second kappa shape index (κ2) is 5.14. The van der Waals surface area contributed by atoms with Crippen molar-refractivity contribution in [3.8, 4) is 0 Å². The first-order valence-electron chi connectivity index (χ1n) is 7.97. The summed E-state index contributed by atoms with van der Waals surface area (Å²) in [6.45, 7) is 16.5. The molecule has 0 aromatic heterocycles. The van der Waals surface area contributed by atoms with Gasteiger partial charge >= 0.3 is 0 Å². The SMILES string of the molecule is C[C@@H](O[Si](C)(C)C(C)(C)C)[C@H]1C(=O)N2[C@@H]1C(=O)COC2(C)C. The van der Waals surface area contributed by atoms with E-state index in [0.29, 0.717) is 0 Å². The van der Waals surface area contributed by atoms with Crippen molar-refractivity contribution in [3.05, 3.63) is 0 Å². The number of nitrogens with zero attached hydrogens (tertiary/aromatic N) is 1. The number of carbonyl (C=O) groups excluding carboxylic acids is 2. The highest BCUT2D eigenvalue weighted by Gasteiger charge is 2.61. The molecule has 2 aliphatic rings. The Bertz CT molecular complexity index is 495. The van der Waals surface area contributed by atoms with E-state index in [9.17, 15) is 9.59 Å². The number of hydrogen-bond donors (Lipinski definition) is 0. The molecule has 0 aliphatic carbocycles. The first-order valence-corrected chi connectivity index (χ1v) is 10.9. The molecular weight excluding hydrogens is 298 g/mol. The van der Waals surface area contributed by atoms with Crippen molar-refractivity contribution < 1.29 is 18.8 Å². The van der Waals surface area contributed by atoms with Gasteiger partial charge in [0.1, 0.15) is 18.4 Å². The average molecular weight is 327 g/mol. The van der Waals surface area contributed by atoms with Crippen LogP contribution in [0.2, 0.25) is 18.1 Å². The largest absolute Gasteiger partial charge is 0.413 e. The summed E-state index contributed by atoms with van der Waals surface area (Å²) in [6, 6.07) is -0.393. The van der Waals surface area contributed by atoms with E-state index < -0.39 is 20.1 Å². The fraction of sp³-hybridized carbons (Fsp3) is 0.875. The van der Waals surface area contributed by atoms with Crippen LogP contribution in [0, 0.1) is 5.92 Å². The fourth-order valence-corrected chi connectivity index (χ4v) is 4.46. The van der Waals surface area contributed by atoms with Gasteiger partial charge in [0.25, 0.3) is 0 Å². The van der Waals surface area contributed by atoms with Crippen molar-refractivity contribution in [2.75, 3.05) is 6.61 Å². The molecule has 6 heteroatoms. The number of β-lactam (4-membered cyclic amide) rings is 1. The summed E-state index contributed by atoms with van der Waals surface area (Å²) in [4.78, 5) is 26.3. The Balaban J connectivity index is 2.17. The molecule has 1 amide bonds. The van der Waals surface area contributed by atoms with Crippen LogP contribution in [-0.2, 0) is 18.8 Å². The van der Waals surface area contributed by atoms with Gasteiger partial charge in [0.2, 0.25) is 5.91 Å². The Kier molecular flexibility index (Phi) is 4.12. The number of Topliss-reactive ketones (excluding diaryl/α,β-unsaturated/α-hetero) is 1. The highest BCUT2D eigenvalue weighted by molar-refractivity contribution is 6.74. The molecule has 2 rings (SSSR count). The second-order valence-electron chi connectivity index (χ2n) is 8.46. The van der Waals surface area contributed by atoms with E-state index in [1.54, 1.807) is 4.90 Å². The van der Waals surface area contributed by atoms with Crippen LogP contribution in [0.4, 0.5) is 0 Å². The van der Waals surface area contributed by atoms with Gasteiger partial charge in [-0.3, -0.25) is 9.59 Å². The Morgan fingerprint density at radius 2 is 1.86 bits per heavy atom. The maximum atomic E-state index is 12.6. The van der Waals surface area contributed by atoms with Crippen molar-refractivity contribution in [2.24, 2.45) is 5.92 Å². The zero-order chi connectivity index (χ0) is 17.1. The number of rotatable bonds is 3. The molecule has 5 nitrogen and oxygen atoms in total. The molecule has 0 unspecified atom stereocenters. The summed E-state index contributed by atoms with van der Waals surface area (Å²) < 4.78 is 11.8. The van der Waals surface area contributed by atoms with E-state index in [4.69, 9.17) is 9.16 Å². The summed E-state index contributed by atoms with van der Waals surface area (Å²) in [5.74, 6) is -0.423. The molecule has 2 fully saturated rings. The molecule has 0 aromatic carbocycles. The molecule has 2 aliphatic heterocycles. The number of hydrogen-bond acceptors (Lipinski definition) is 4. The average Bonchev–Trinajstić information content (AvgIpc) is 2.29. The third-order valence-electron chi connectivity index (χ3n) is 5.41. The van der Waals surface area contributed by atoms with E-state index in [2.05, 4.69) is 33.9 Å². The van der Waals surface area contributed by atoms with Crippen molar-refractivity contribution in [2.45, 2.75) is 77.5 Å². The van der Waals surface area contributed by atoms with Crippen LogP contribution in [0.3, 0.4) is 0 Å². The van der Waals surface area contributed by atoms with Gasteiger partial charge in [-0.05, 0) is 38.9 Å². The predicted molar refractivity (Wildman–Crippen MR) is 86.9 cm³/mol. The minimum absolute atomic E-state index is 0.0189. The number of fused-ring (bicyclic) bond motifs is 1. The lowest BCUT2D eigenvalue weighted by molar-refractivity contribution is -0.232. The van der Waals surface area contributed by atoms with Crippen LogP contribution in [0.15, 0.2) is 0 Å². The standard InChI is InChI=1S/C16H29NO4Si/c1-10(21-22(7,8)15(2,3)4)12-13-11(18)9-20-16(5,6)17(13)14(12)19/h10,12-13H,9H2,1-8H3/t10-,12-,13-/m1/s1. The molecule has 2 saturated heterocycles. The zero-order valence-corrected chi connectivity index (χ0v) is 16.0. The Hall–Kier alpha value is -0.723. The monoisotopic (exact) mass is 327 g/mol. The maximum Gasteiger partial charge on any atom is 0.233 e. The molecule has 3 atom stereocenters. The lowest BCUT2D eigenvalue weighted by Crippen LogP contribution is -2.77. The third-order valence-corrected chi connectivity index (χ3v) is 9.98. The molecule has 0 aromatic rings. The summed E-state index contributed by atoms with van der Waals surface area (Å²) >= 11 is 0. The summed E-state index contributed by atoms with van der Waals surface area (Å²) in [5, 5.41) is 0.0761. The molecule has 0 saturated carbocycles. The van der Waals surface area contributed by atoms with Gasteiger partial charge in [0.15, 0.2) is 14.1 Å². The Morgan fingerprint density at radius 3 is 2.36 bits per heavy atom. The van der Waals surface area contributed by atoms with Gasteiger partial charge < -0.3 is 14.1 Å². The summed E-state index contributed by atoms with van der Waals surface area (Å²) in [7, 11) is -1.97. The molecule has 126 valence electrons. The highest BCUT2D eigenvalue weighted by Crippen LogP contribution is 2.43. The van der Waals surface area contributed by atoms with E-state index in [-0.39, 0.29) is 35.4 Å². The lowest BCUT2D eigenvalue weighted by Gasteiger charge is -2.58. The van der Waals surface area contributed by atoms with E-state index in [1.807, 2.05) is 20.8 Å². The Morgan fingerprint density at radius 1 is 1.32 bits per heavy atom. The van der Waals surface area contributed by atoms with Gasteiger partial charge in [-0.2, -0.15) is 0 Å². The van der Waals surface area contributed by atoms with Crippen LogP contribution in [0.1, 0.15) is 41.5 Å². The minimum atomic E-state index is -1.97. The van der Waals surface area contributed by atoms with Crippen molar-refractivity contribution in [3.63, 3.8) is 0 Å². The van der Waals surface area contributed by atoms with Crippen LogP contribution >= 0.6 is 0 Å². The van der Waals surface area contributed by atoms with Gasteiger partial charge in [-0.15, -0.1) is 0 Å².